The summed E-state index contributed by atoms with van der Waals surface area (Å²) < 4.78 is 31.9. The Kier molecular flexibility index (Phi) is 5.53. The number of sulfonamides is 1. The fraction of sp³-hybridized carbons (Fsp3) is 0.650. The van der Waals surface area contributed by atoms with Crippen LogP contribution in [0.4, 0.5) is 0 Å². The van der Waals surface area contributed by atoms with Crippen LogP contribution in [-0.2, 0) is 26.1 Å². The number of amides is 1. The molecule has 0 spiro atoms. The molecule has 3 unspecified atom stereocenters. The van der Waals surface area contributed by atoms with Gasteiger partial charge in [-0.1, -0.05) is 18.6 Å². The molecule has 1 N–H and O–H groups in total. The van der Waals surface area contributed by atoms with Gasteiger partial charge in [0.25, 0.3) is 0 Å². The number of rotatable bonds is 6. The van der Waals surface area contributed by atoms with E-state index in [2.05, 4.69) is 5.32 Å². The summed E-state index contributed by atoms with van der Waals surface area (Å²) in [5, 5.41) is 2.99. The second-order valence-corrected chi connectivity index (χ2v) is 10.0. The molecule has 1 aromatic carbocycles. The van der Waals surface area contributed by atoms with Crippen molar-refractivity contribution in [3.05, 3.63) is 29.8 Å². The molecule has 2 aliphatic carbocycles. The zero-order valence-corrected chi connectivity index (χ0v) is 16.4. The van der Waals surface area contributed by atoms with Crippen LogP contribution >= 0.6 is 0 Å². The van der Waals surface area contributed by atoms with Crippen LogP contribution in [0, 0.1) is 17.8 Å². The van der Waals surface area contributed by atoms with Crippen molar-refractivity contribution in [2.45, 2.75) is 43.5 Å². The molecule has 2 saturated carbocycles. The number of hydrogen-bond acceptors (Lipinski definition) is 4. The largest absolute Gasteiger partial charge is 0.379 e. The highest BCUT2D eigenvalue weighted by Crippen LogP contribution is 2.49. The maximum Gasteiger partial charge on any atom is 0.243 e. The van der Waals surface area contributed by atoms with E-state index >= 15 is 0 Å². The van der Waals surface area contributed by atoms with Crippen LogP contribution in [0.1, 0.15) is 37.7 Å². The van der Waals surface area contributed by atoms with Crippen LogP contribution in [-0.4, -0.2) is 44.9 Å². The molecule has 1 heterocycles. The van der Waals surface area contributed by atoms with Gasteiger partial charge in [0.15, 0.2) is 0 Å². The third kappa shape index (κ3) is 4.20. The minimum absolute atomic E-state index is 0.109. The average Bonchev–Trinajstić information content (AvgIpc) is 3.30. The summed E-state index contributed by atoms with van der Waals surface area (Å²) in [5.41, 5.74) is 0.914. The van der Waals surface area contributed by atoms with Gasteiger partial charge in [0.1, 0.15) is 0 Å². The summed E-state index contributed by atoms with van der Waals surface area (Å²) in [6.07, 6.45) is 5.80. The van der Waals surface area contributed by atoms with Gasteiger partial charge in [-0.25, -0.2) is 8.42 Å². The van der Waals surface area contributed by atoms with Gasteiger partial charge in [-0.15, -0.1) is 0 Å². The van der Waals surface area contributed by atoms with Crippen molar-refractivity contribution in [1.82, 2.24) is 9.62 Å². The second kappa shape index (κ2) is 7.89. The maximum atomic E-state index is 12.6. The summed E-state index contributed by atoms with van der Waals surface area (Å²) in [5.74, 6) is 2.28. The van der Waals surface area contributed by atoms with E-state index in [1.54, 1.807) is 24.3 Å². The van der Waals surface area contributed by atoms with Crippen molar-refractivity contribution in [2.24, 2.45) is 17.8 Å². The molecule has 3 atom stereocenters. The number of hydrogen-bond donors (Lipinski definition) is 1. The van der Waals surface area contributed by atoms with Crippen LogP contribution in [0.5, 0.6) is 0 Å². The Bertz CT molecular complexity index is 772. The topological polar surface area (TPSA) is 75.7 Å². The summed E-state index contributed by atoms with van der Waals surface area (Å²) in [6, 6.07) is 6.82. The van der Waals surface area contributed by atoms with Gasteiger partial charge < -0.3 is 10.1 Å². The minimum Gasteiger partial charge on any atom is -0.379 e. The fourth-order valence-corrected chi connectivity index (χ4v) is 6.26. The van der Waals surface area contributed by atoms with E-state index in [1.807, 2.05) is 0 Å². The molecule has 2 bridgehead atoms. The van der Waals surface area contributed by atoms with Gasteiger partial charge in [-0.3, -0.25) is 4.79 Å². The van der Waals surface area contributed by atoms with E-state index in [-0.39, 0.29) is 5.91 Å². The molecule has 3 fully saturated rings. The van der Waals surface area contributed by atoms with E-state index < -0.39 is 10.0 Å². The van der Waals surface area contributed by atoms with E-state index in [1.165, 1.54) is 30.0 Å². The molecule has 7 heteroatoms. The van der Waals surface area contributed by atoms with Crippen LogP contribution in [0.3, 0.4) is 0 Å². The van der Waals surface area contributed by atoms with Gasteiger partial charge in [-0.05, 0) is 54.7 Å². The molecule has 0 radical (unpaired) electrons. The summed E-state index contributed by atoms with van der Waals surface area (Å²) in [4.78, 5) is 12.5. The number of fused-ring (bicyclic) bond motifs is 2. The van der Waals surface area contributed by atoms with Crippen molar-refractivity contribution in [2.75, 3.05) is 26.3 Å². The number of carbonyl (C=O) groups is 1. The lowest BCUT2D eigenvalue weighted by Gasteiger charge is -2.26. The number of benzene rings is 1. The number of carbonyl (C=O) groups excluding carboxylic acids is 1. The number of nitrogens with one attached hydrogen (secondary N) is 1. The van der Waals surface area contributed by atoms with Gasteiger partial charge in [-0.2, -0.15) is 4.31 Å². The Hall–Kier alpha value is -1.44. The Morgan fingerprint density at radius 3 is 2.48 bits per heavy atom. The fourth-order valence-electron chi connectivity index (χ4n) is 4.85. The normalized spacial score (nSPS) is 28.4. The molecule has 0 aromatic heterocycles. The van der Waals surface area contributed by atoms with Crippen molar-refractivity contribution in [3.63, 3.8) is 0 Å². The Labute approximate surface area is 161 Å². The lowest BCUT2D eigenvalue weighted by molar-refractivity contribution is -0.122. The lowest BCUT2D eigenvalue weighted by Crippen LogP contribution is -2.40. The standard InChI is InChI=1S/C20H28N2O4S/c23-20(13-18-12-16-1-4-17(18)11-16)21-14-15-2-5-19(6-3-15)27(24,25)22-7-9-26-10-8-22/h2-3,5-6,16-18H,1,4,7-14H2,(H,21,23). The van der Waals surface area contributed by atoms with E-state index in [4.69, 9.17) is 4.74 Å². The van der Waals surface area contributed by atoms with Crippen molar-refractivity contribution < 1.29 is 17.9 Å². The van der Waals surface area contributed by atoms with Gasteiger partial charge in [0.2, 0.25) is 15.9 Å². The van der Waals surface area contributed by atoms with E-state index in [9.17, 15) is 13.2 Å². The molecule has 27 heavy (non-hydrogen) atoms. The van der Waals surface area contributed by atoms with Crippen LogP contribution in [0.25, 0.3) is 0 Å². The molecular formula is C20H28N2O4S. The molecule has 1 amide bonds. The highest BCUT2D eigenvalue weighted by molar-refractivity contribution is 7.89. The molecule has 4 rings (SSSR count). The summed E-state index contributed by atoms with van der Waals surface area (Å²) in [7, 11) is -3.46. The molecule has 1 aromatic rings. The first kappa shape index (κ1) is 18.9. The monoisotopic (exact) mass is 392 g/mol. The lowest BCUT2D eigenvalue weighted by atomic mass is 9.86. The van der Waals surface area contributed by atoms with Crippen molar-refractivity contribution in [1.29, 1.82) is 0 Å². The molecular weight excluding hydrogens is 364 g/mol. The van der Waals surface area contributed by atoms with Crippen molar-refractivity contribution >= 4 is 15.9 Å². The first-order chi connectivity index (χ1) is 13.0. The summed E-state index contributed by atoms with van der Waals surface area (Å²) >= 11 is 0. The van der Waals surface area contributed by atoms with Crippen LogP contribution in [0.2, 0.25) is 0 Å². The number of ether oxygens (including phenoxy) is 1. The molecule has 148 valence electrons. The Balaban J connectivity index is 1.29. The highest BCUT2D eigenvalue weighted by Gasteiger charge is 2.40. The summed E-state index contributed by atoms with van der Waals surface area (Å²) in [6.45, 7) is 2.10. The second-order valence-electron chi connectivity index (χ2n) is 8.08. The van der Waals surface area contributed by atoms with Gasteiger partial charge in [0, 0.05) is 26.1 Å². The quantitative estimate of drug-likeness (QED) is 0.805. The number of morpholine rings is 1. The number of nitrogens with zero attached hydrogens (tertiary/aromatic N) is 1. The zero-order chi connectivity index (χ0) is 18.9. The SMILES string of the molecule is O=C(CC1CC2CCC1C2)NCc1ccc(S(=O)(=O)N2CCOCC2)cc1. The average molecular weight is 393 g/mol. The molecule has 1 saturated heterocycles. The van der Waals surface area contributed by atoms with Crippen molar-refractivity contribution in [3.8, 4) is 0 Å². The van der Waals surface area contributed by atoms with E-state index in [0.29, 0.717) is 50.1 Å². The first-order valence-electron chi connectivity index (χ1n) is 9.96. The molecule has 3 aliphatic rings. The molecule has 6 nitrogen and oxygen atoms in total. The van der Waals surface area contributed by atoms with Crippen LogP contribution in [0.15, 0.2) is 29.2 Å². The predicted octanol–water partition coefficient (Wildman–Crippen LogP) is 2.15. The first-order valence-corrected chi connectivity index (χ1v) is 11.4. The predicted molar refractivity (Wildman–Crippen MR) is 101 cm³/mol. The van der Waals surface area contributed by atoms with Crippen LogP contribution < -0.4 is 5.32 Å². The Morgan fingerprint density at radius 1 is 1.11 bits per heavy atom. The van der Waals surface area contributed by atoms with E-state index in [0.717, 1.165) is 17.4 Å². The Morgan fingerprint density at radius 2 is 1.85 bits per heavy atom. The maximum absolute atomic E-state index is 12.6. The van der Waals surface area contributed by atoms with Gasteiger partial charge in [0.05, 0.1) is 18.1 Å². The zero-order valence-electron chi connectivity index (χ0n) is 15.6. The third-order valence-corrected chi connectivity index (χ3v) is 8.27. The minimum atomic E-state index is -3.46. The molecule has 1 aliphatic heterocycles. The third-order valence-electron chi connectivity index (χ3n) is 6.35. The smallest absolute Gasteiger partial charge is 0.243 e. The highest BCUT2D eigenvalue weighted by atomic mass is 32.2. The van der Waals surface area contributed by atoms with Gasteiger partial charge >= 0.3 is 0 Å².